The third kappa shape index (κ3) is 18.2. The summed E-state index contributed by atoms with van der Waals surface area (Å²) < 4.78 is 2.51. The summed E-state index contributed by atoms with van der Waals surface area (Å²) in [5.74, 6) is 2.05. The molecule has 1 rings (SSSR count). The molecule has 0 aliphatic rings. The predicted molar refractivity (Wildman–Crippen MR) is 167 cm³/mol. The van der Waals surface area contributed by atoms with E-state index in [4.69, 9.17) is 4.98 Å². The van der Waals surface area contributed by atoms with E-state index in [1.807, 2.05) is 0 Å². The standard InChI is InChI=1S/C35H68N2/c1-5-8-10-12-14-15-16-17-18-19-20-21-23-25-27-30-34(29-26-24-22-13-11-9-6-2)35-36-31-32-37(35)33(4)28-7-3/h31-34H,5-30H2,1-4H3. The van der Waals surface area contributed by atoms with Crippen molar-refractivity contribution in [1.82, 2.24) is 9.55 Å². The highest BCUT2D eigenvalue weighted by molar-refractivity contribution is 5.02. The van der Waals surface area contributed by atoms with Crippen molar-refractivity contribution in [3.8, 4) is 0 Å². The van der Waals surface area contributed by atoms with E-state index in [9.17, 15) is 0 Å². The van der Waals surface area contributed by atoms with E-state index in [1.54, 1.807) is 0 Å². The molecular formula is C35H68N2. The van der Waals surface area contributed by atoms with Crippen molar-refractivity contribution in [2.45, 2.75) is 207 Å². The molecule has 0 radical (unpaired) electrons. The van der Waals surface area contributed by atoms with Gasteiger partial charge in [-0.05, 0) is 26.2 Å². The zero-order chi connectivity index (χ0) is 26.8. The number of hydrogen-bond donors (Lipinski definition) is 0. The van der Waals surface area contributed by atoms with Crippen LogP contribution >= 0.6 is 0 Å². The summed E-state index contributed by atoms with van der Waals surface area (Å²) in [5.41, 5.74) is 0. The zero-order valence-corrected chi connectivity index (χ0v) is 26.1. The highest BCUT2D eigenvalue weighted by Crippen LogP contribution is 2.30. The summed E-state index contributed by atoms with van der Waals surface area (Å²) >= 11 is 0. The van der Waals surface area contributed by atoms with Gasteiger partial charge in [0.15, 0.2) is 0 Å². The summed E-state index contributed by atoms with van der Waals surface area (Å²) in [6, 6.07) is 0.583. The second-order valence-corrected chi connectivity index (χ2v) is 12.2. The van der Waals surface area contributed by atoms with Gasteiger partial charge < -0.3 is 4.57 Å². The van der Waals surface area contributed by atoms with Gasteiger partial charge in [0, 0.05) is 24.4 Å². The van der Waals surface area contributed by atoms with Crippen LogP contribution in [0.2, 0.25) is 0 Å². The van der Waals surface area contributed by atoms with E-state index in [1.165, 1.54) is 173 Å². The van der Waals surface area contributed by atoms with Crippen molar-refractivity contribution in [1.29, 1.82) is 0 Å². The maximum atomic E-state index is 4.91. The Morgan fingerprint density at radius 2 is 0.892 bits per heavy atom. The van der Waals surface area contributed by atoms with Crippen LogP contribution in [0.25, 0.3) is 0 Å². The Kier molecular flexibility index (Phi) is 23.6. The van der Waals surface area contributed by atoms with E-state index < -0.39 is 0 Å². The van der Waals surface area contributed by atoms with Gasteiger partial charge in [0.05, 0.1) is 0 Å². The van der Waals surface area contributed by atoms with E-state index in [2.05, 4.69) is 44.7 Å². The van der Waals surface area contributed by atoms with Gasteiger partial charge in [-0.1, -0.05) is 168 Å². The normalized spacial score (nSPS) is 13.3. The quantitative estimate of drug-likeness (QED) is 0.101. The van der Waals surface area contributed by atoms with Gasteiger partial charge in [-0.25, -0.2) is 4.98 Å². The molecule has 0 fully saturated rings. The number of unbranched alkanes of at least 4 members (excludes halogenated alkanes) is 20. The Bertz CT molecular complexity index is 578. The smallest absolute Gasteiger partial charge is 0.111 e. The lowest BCUT2D eigenvalue weighted by molar-refractivity contribution is 0.421. The molecule has 0 amide bonds. The van der Waals surface area contributed by atoms with Gasteiger partial charge in [0.2, 0.25) is 0 Å². The maximum absolute atomic E-state index is 4.91. The molecule has 2 nitrogen and oxygen atoms in total. The average molecular weight is 517 g/mol. The Hall–Kier alpha value is -0.790. The Morgan fingerprint density at radius 1 is 0.514 bits per heavy atom. The first-order valence-corrected chi connectivity index (χ1v) is 17.3. The Morgan fingerprint density at radius 3 is 1.27 bits per heavy atom. The molecule has 1 aromatic rings. The molecule has 37 heavy (non-hydrogen) atoms. The van der Waals surface area contributed by atoms with E-state index >= 15 is 0 Å². The first-order chi connectivity index (χ1) is 18.2. The zero-order valence-electron chi connectivity index (χ0n) is 26.1. The molecule has 0 aliphatic carbocycles. The number of hydrogen-bond acceptors (Lipinski definition) is 1. The maximum Gasteiger partial charge on any atom is 0.111 e. The van der Waals surface area contributed by atoms with Gasteiger partial charge in [-0.2, -0.15) is 0 Å². The fraction of sp³-hybridized carbons (Fsp3) is 0.914. The molecular weight excluding hydrogens is 448 g/mol. The summed E-state index contributed by atoms with van der Waals surface area (Å²) in [6.45, 7) is 9.30. The summed E-state index contributed by atoms with van der Waals surface area (Å²) in [7, 11) is 0. The Balaban J connectivity index is 2.24. The van der Waals surface area contributed by atoms with Crippen molar-refractivity contribution >= 4 is 0 Å². The predicted octanol–water partition coefficient (Wildman–Crippen LogP) is 12.7. The lowest BCUT2D eigenvalue weighted by Crippen LogP contribution is -2.13. The minimum absolute atomic E-state index is 0.583. The number of imidazole rings is 1. The van der Waals surface area contributed by atoms with Crippen molar-refractivity contribution in [3.05, 3.63) is 18.2 Å². The van der Waals surface area contributed by atoms with E-state index in [0.29, 0.717) is 12.0 Å². The lowest BCUT2D eigenvalue weighted by Gasteiger charge is -2.22. The molecule has 1 heterocycles. The van der Waals surface area contributed by atoms with Crippen molar-refractivity contribution < 1.29 is 0 Å². The lowest BCUT2D eigenvalue weighted by atomic mass is 9.93. The fourth-order valence-electron chi connectivity index (χ4n) is 6.08. The minimum atomic E-state index is 0.583. The highest BCUT2D eigenvalue weighted by Gasteiger charge is 2.19. The van der Waals surface area contributed by atoms with E-state index in [-0.39, 0.29) is 0 Å². The van der Waals surface area contributed by atoms with Gasteiger partial charge in [0.1, 0.15) is 5.82 Å². The SMILES string of the molecule is CCCCCCCCCCCCCCCCCC(CCCCCCCCC)c1nccn1C(C)CCC. The van der Waals surface area contributed by atoms with Crippen LogP contribution in [0, 0.1) is 0 Å². The Labute approximate surface area is 234 Å². The third-order valence-corrected chi connectivity index (χ3v) is 8.56. The summed E-state index contributed by atoms with van der Waals surface area (Å²) in [6.07, 6.45) is 41.0. The molecule has 2 atom stereocenters. The van der Waals surface area contributed by atoms with Crippen molar-refractivity contribution in [3.63, 3.8) is 0 Å². The second-order valence-electron chi connectivity index (χ2n) is 12.2. The largest absolute Gasteiger partial charge is 0.332 e. The molecule has 0 spiro atoms. The molecule has 2 unspecified atom stereocenters. The number of aromatic nitrogens is 2. The van der Waals surface area contributed by atoms with Crippen LogP contribution in [-0.4, -0.2) is 9.55 Å². The molecule has 2 heteroatoms. The number of nitrogens with zero attached hydrogens (tertiary/aromatic N) is 2. The first-order valence-electron chi connectivity index (χ1n) is 17.3. The molecule has 0 aromatic carbocycles. The third-order valence-electron chi connectivity index (χ3n) is 8.56. The van der Waals surface area contributed by atoms with Crippen LogP contribution in [0.4, 0.5) is 0 Å². The van der Waals surface area contributed by atoms with Gasteiger partial charge in [0.25, 0.3) is 0 Å². The van der Waals surface area contributed by atoms with Crippen molar-refractivity contribution in [2.24, 2.45) is 0 Å². The second kappa shape index (κ2) is 25.5. The van der Waals surface area contributed by atoms with Gasteiger partial charge >= 0.3 is 0 Å². The molecule has 0 N–H and O–H groups in total. The van der Waals surface area contributed by atoms with Crippen LogP contribution < -0.4 is 0 Å². The highest BCUT2D eigenvalue weighted by atomic mass is 15.1. The fourth-order valence-corrected chi connectivity index (χ4v) is 6.08. The molecule has 0 saturated heterocycles. The van der Waals surface area contributed by atoms with E-state index in [0.717, 1.165) is 0 Å². The topological polar surface area (TPSA) is 17.8 Å². The monoisotopic (exact) mass is 517 g/mol. The first kappa shape index (κ1) is 34.2. The average Bonchev–Trinajstić information content (AvgIpc) is 3.39. The van der Waals surface area contributed by atoms with Crippen LogP contribution in [0.3, 0.4) is 0 Å². The molecule has 0 bridgehead atoms. The van der Waals surface area contributed by atoms with Gasteiger partial charge in [-0.3, -0.25) is 0 Å². The summed E-state index contributed by atoms with van der Waals surface area (Å²) in [4.78, 5) is 4.91. The number of rotatable bonds is 28. The summed E-state index contributed by atoms with van der Waals surface area (Å²) in [5, 5.41) is 0. The van der Waals surface area contributed by atoms with Crippen LogP contribution in [0.5, 0.6) is 0 Å². The molecule has 0 saturated carbocycles. The minimum Gasteiger partial charge on any atom is -0.332 e. The van der Waals surface area contributed by atoms with Crippen LogP contribution in [0.1, 0.15) is 212 Å². The van der Waals surface area contributed by atoms with Crippen LogP contribution in [-0.2, 0) is 0 Å². The molecule has 218 valence electrons. The van der Waals surface area contributed by atoms with Gasteiger partial charge in [-0.15, -0.1) is 0 Å². The molecule has 0 aliphatic heterocycles. The van der Waals surface area contributed by atoms with Crippen molar-refractivity contribution in [2.75, 3.05) is 0 Å². The van der Waals surface area contributed by atoms with Crippen LogP contribution in [0.15, 0.2) is 12.4 Å². The molecule has 1 aromatic heterocycles.